The van der Waals surface area contributed by atoms with Gasteiger partial charge in [-0.1, -0.05) is 0 Å². The summed E-state index contributed by atoms with van der Waals surface area (Å²) < 4.78 is 0. The Morgan fingerprint density at radius 3 is 2.74 bits per heavy atom. The van der Waals surface area contributed by atoms with Crippen LogP contribution < -0.4 is 5.32 Å². The molecule has 2 rings (SSSR count). The molecular formula is C15H29N3O. The van der Waals surface area contributed by atoms with Gasteiger partial charge >= 0.3 is 0 Å². The molecule has 2 aliphatic heterocycles. The molecule has 1 amide bonds. The quantitative estimate of drug-likeness (QED) is 0.819. The number of amides is 1. The topological polar surface area (TPSA) is 35.6 Å². The minimum absolute atomic E-state index is 0.0437. The lowest BCUT2D eigenvalue weighted by Gasteiger charge is -2.37. The Kier molecular flexibility index (Phi) is 5.22. The van der Waals surface area contributed by atoms with Crippen LogP contribution in [0.5, 0.6) is 0 Å². The van der Waals surface area contributed by atoms with E-state index in [4.69, 9.17) is 0 Å². The molecule has 0 bridgehead atoms. The van der Waals surface area contributed by atoms with E-state index in [1.165, 1.54) is 38.8 Å². The molecule has 2 fully saturated rings. The predicted octanol–water partition coefficient (Wildman–Crippen LogP) is 1.46. The van der Waals surface area contributed by atoms with Crippen molar-refractivity contribution in [2.75, 3.05) is 26.2 Å². The Morgan fingerprint density at radius 1 is 1.32 bits per heavy atom. The Balaban J connectivity index is 1.82. The smallest absolute Gasteiger partial charge is 0.239 e. The van der Waals surface area contributed by atoms with Crippen molar-refractivity contribution in [3.63, 3.8) is 0 Å². The van der Waals surface area contributed by atoms with Crippen LogP contribution in [0, 0.1) is 0 Å². The molecule has 19 heavy (non-hydrogen) atoms. The number of hydrogen-bond acceptors (Lipinski definition) is 3. The van der Waals surface area contributed by atoms with Crippen molar-refractivity contribution in [2.45, 2.75) is 64.6 Å². The minimum atomic E-state index is -0.0437. The summed E-state index contributed by atoms with van der Waals surface area (Å²) >= 11 is 0. The SMILES string of the molecule is CCN(CC)C(=O)C(C)NC1CCN2CCCC2C1. The third-order valence-electron chi connectivity index (χ3n) is 4.75. The molecular weight excluding hydrogens is 238 g/mol. The van der Waals surface area contributed by atoms with Gasteiger partial charge in [0.1, 0.15) is 0 Å². The molecule has 4 heteroatoms. The number of piperidine rings is 1. The van der Waals surface area contributed by atoms with Gasteiger partial charge in [0.15, 0.2) is 0 Å². The van der Waals surface area contributed by atoms with Crippen molar-refractivity contribution < 1.29 is 4.79 Å². The predicted molar refractivity (Wildman–Crippen MR) is 78.1 cm³/mol. The van der Waals surface area contributed by atoms with E-state index in [9.17, 15) is 4.79 Å². The van der Waals surface area contributed by atoms with E-state index in [0.29, 0.717) is 6.04 Å². The largest absolute Gasteiger partial charge is 0.342 e. The van der Waals surface area contributed by atoms with Gasteiger partial charge in [-0.2, -0.15) is 0 Å². The van der Waals surface area contributed by atoms with E-state index in [1.807, 2.05) is 25.7 Å². The van der Waals surface area contributed by atoms with Crippen LogP contribution in [0.4, 0.5) is 0 Å². The zero-order valence-electron chi connectivity index (χ0n) is 12.7. The third kappa shape index (κ3) is 3.48. The number of carbonyl (C=O) groups excluding carboxylic acids is 1. The van der Waals surface area contributed by atoms with Gasteiger partial charge in [-0.3, -0.25) is 4.79 Å². The highest BCUT2D eigenvalue weighted by Crippen LogP contribution is 2.27. The maximum atomic E-state index is 12.3. The van der Waals surface area contributed by atoms with E-state index < -0.39 is 0 Å². The zero-order chi connectivity index (χ0) is 13.8. The summed E-state index contributed by atoms with van der Waals surface area (Å²) in [5, 5.41) is 3.56. The summed E-state index contributed by atoms with van der Waals surface area (Å²) in [7, 11) is 0. The molecule has 0 aromatic rings. The van der Waals surface area contributed by atoms with Crippen LogP contribution in [0.1, 0.15) is 46.5 Å². The van der Waals surface area contributed by atoms with Gasteiger partial charge in [0.05, 0.1) is 6.04 Å². The second-order valence-corrected chi connectivity index (χ2v) is 5.95. The first-order valence-corrected chi connectivity index (χ1v) is 7.94. The summed E-state index contributed by atoms with van der Waals surface area (Å²) in [6.07, 6.45) is 5.10. The van der Waals surface area contributed by atoms with Crippen LogP contribution in [0.15, 0.2) is 0 Å². The Morgan fingerprint density at radius 2 is 2.05 bits per heavy atom. The number of fused-ring (bicyclic) bond motifs is 1. The molecule has 110 valence electrons. The molecule has 2 saturated heterocycles. The molecule has 0 aromatic carbocycles. The van der Waals surface area contributed by atoms with Crippen molar-refractivity contribution in [2.24, 2.45) is 0 Å². The third-order valence-corrected chi connectivity index (χ3v) is 4.75. The lowest BCUT2D eigenvalue weighted by atomic mass is 9.97. The molecule has 4 nitrogen and oxygen atoms in total. The molecule has 0 saturated carbocycles. The molecule has 2 aliphatic rings. The minimum Gasteiger partial charge on any atom is -0.342 e. The van der Waals surface area contributed by atoms with Crippen LogP contribution >= 0.6 is 0 Å². The van der Waals surface area contributed by atoms with Crippen molar-refractivity contribution >= 4 is 5.91 Å². The zero-order valence-corrected chi connectivity index (χ0v) is 12.7. The Bertz CT molecular complexity index is 304. The maximum absolute atomic E-state index is 12.3. The monoisotopic (exact) mass is 267 g/mol. The lowest BCUT2D eigenvalue weighted by molar-refractivity contribution is -0.133. The molecule has 0 aliphatic carbocycles. The highest BCUT2D eigenvalue weighted by Gasteiger charge is 2.32. The number of nitrogens with one attached hydrogen (secondary N) is 1. The first-order chi connectivity index (χ1) is 9.15. The van der Waals surface area contributed by atoms with E-state index in [1.54, 1.807) is 0 Å². The number of nitrogens with zero attached hydrogens (tertiary/aromatic N) is 2. The van der Waals surface area contributed by atoms with E-state index in [2.05, 4.69) is 10.2 Å². The van der Waals surface area contributed by atoms with E-state index >= 15 is 0 Å². The maximum Gasteiger partial charge on any atom is 0.239 e. The van der Waals surface area contributed by atoms with Gasteiger partial charge in [0, 0.05) is 25.2 Å². The fourth-order valence-electron chi connectivity index (χ4n) is 3.61. The van der Waals surface area contributed by atoms with Gasteiger partial charge in [-0.25, -0.2) is 0 Å². The second kappa shape index (κ2) is 6.71. The number of rotatable bonds is 5. The van der Waals surface area contributed by atoms with Crippen molar-refractivity contribution in [1.29, 1.82) is 0 Å². The number of carbonyl (C=O) groups is 1. The molecule has 0 spiro atoms. The van der Waals surface area contributed by atoms with Gasteiger partial charge in [-0.15, -0.1) is 0 Å². The summed E-state index contributed by atoms with van der Waals surface area (Å²) in [4.78, 5) is 16.8. The van der Waals surface area contributed by atoms with E-state index in [0.717, 1.165) is 19.1 Å². The summed E-state index contributed by atoms with van der Waals surface area (Å²) in [5.74, 6) is 0.249. The summed E-state index contributed by atoms with van der Waals surface area (Å²) in [6.45, 7) is 10.2. The summed E-state index contributed by atoms with van der Waals surface area (Å²) in [5.41, 5.74) is 0. The second-order valence-electron chi connectivity index (χ2n) is 5.95. The van der Waals surface area contributed by atoms with Crippen LogP contribution in [-0.2, 0) is 4.79 Å². The van der Waals surface area contributed by atoms with Gasteiger partial charge in [-0.05, 0) is 59.5 Å². The first-order valence-electron chi connectivity index (χ1n) is 7.94. The molecule has 2 heterocycles. The highest BCUT2D eigenvalue weighted by molar-refractivity contribution is 5.81. The Hall–Kier alpha value is -0.610. The van der Waals surface area contributed by atoms with Crippen LogP contribution in [0.3, 0.4) is 0 Å². The van der Waals surface area contributed by atoms with Gasteiger partial charge < -0.3 is 15.1 Å². The number of hydrogen-bond donors (Lipinski definition) is 1. The van der Waals surface area contributed by atoms with Crippen LogP contribution in [0.25, 0.3) is 0 Å². The van der Waals surface area contributed by atoms with E-state index in [-0.39, 0.29) is 11.9 Å². The van der Waals surface area contributed by atoms with Gasteiger partial charge in [0.25, 0.3) is 0 Å². The standard InChI is InChI=1S/C15H29N3O/c1-4-17(5-2)15(19)12(3)16-13-8-10-18-9-6-7-14(18)11-13/h12-14,16H,4-11H2,1-3H3. The van der Waals surface area contributed by atoms with Crippen molar-refractivity contribution in [3.05, 3.63) is 0 Å². The highest BCUT2D eigenvalue weighted by atomic mass is 16.2. The molecule has 1 N–H and O–H groups in total. The van der Waals surface area contributed by atoms with Crippen molar-refractivity contribution in [3.8, 4) is 0 Å². The average molecular weight is 267 g/mol. The molecule has 0 radical (unpaired) electrons. The fraction of sp³-hybridized carbons (Fsp3) is 0.933. The van der Waals surface area contributed by atoms with Crippen molar-refractivity contribution in [1.82, 2.24) is 15.1 Å². The molecule has 0 aromatic heterocycles. The summed E-state index contributed by atoms with van der Waals surface area (Å²) in [6, 6.07) is 1.24. The van der Waals surface area contributed by atoms with Crippen LogP contribution in [0.2, 0.25) is 0 Å². The number of likely N-dealkylation sites (N-methyl/N-ethyl adjacent to an activating group) is 1. The van der Waals surface area contributed by atoms with Crippen LogP contribution in [-0.4, -0.2) is 60.0 Å². The van der Waals surface area contributed by atoms with Gasteiger partial charge in [0.2, 0.25) is 5.91 Å². The first kappa shape index (κ1) is 14.8. The normalized spacial score (nSPS) is 29.0. The molecule has 3 unspecified atom stereocenters. The lowest BCUT2D eigenvalue weighted by Crippen LogP contribution is -2.52. The Labute approximate surface area is 117 Å². The fourth-order valence-corrected chi connectivity index (χ4v) is 3.61. The average Bonchev–Trinajstić information content (AvgIpc) is 2.87. The molecule has 3 atom stereocenters.